The van der Waals surface area contributed by atoms with E-state index in [1.807, 2.05) is 0 Å². The molecule has 1 heterocycles. The van der Waals surface area contributed by atoms with Crippen molar-refractivity contribution in [2.75, 3.05) is 19.6 Å². The van der Waals surface area contributed by atoms with E-state index in [0.29, 0.717) is 6.42 Å². The summed E-state index contributed by atoms with van der Waals surface area (Å²) in [5.41, 5.74) is 1.43. The highest BCUT2D eigenvalue weighted by Crippen LogP contribution is 2.20. The van der Waals surface area contributed by atoms with Crippen LogP contribution in [-0.4, -0.2) is 36.5 Å². The molecule has 1 aliphatic carbocycles. The maximum atomic E-state index is 11.9. The number of amides is 1. The maximum Gasteiger partial charge on any atom is 0.220 e. The molecular formula is C16H28N2O. The van der Waals surface area contributed by atoms with Crippen molar-refractivity contribution in [3.05, 3.63) is 11.6 Å². The lowest BCUT2D eigenvalue weighted by molar-refractivity contribution is -0.121. The summed E-state index contributed by atoms with van der Waals surface area (Å²) in [5, 5.41) is 3.15. The van der Waals surface area contributed by atoms with Crippen LogP contribution in [0.5, 0.6) is 0 Å². The summed E-state index contributed by atoms with van der Waals surface area (Å²) in [7, 11) is 0. The quantitative estimate of drug-likeness (QED) is 0.748. The Kier molecular flexibility index (Phi) is 5.90. The van der Waals surface area contributed by atoms with Crippen LogP contribution < -0.4 is 5.32 Å². The first-order chi connectivity index (χ1) is 9.25. The summed E-state index contributed by atoms with van der Waals surface area (Å²) in [6, 6.07) is 0.236. The average Bonchev–Trinajstić information content (AvgIpc) is 2.93. The smallest absolute Gasteiger partial charge is 0.220 e. The van der Waals surface area contributed by atoms with Gasteiger partial charge in [-0.1, -0.05) is 11.6 Å². The first kappa shape index (κ1) is 14.6. The largest absolute Gasteiger partial charge is 0.350 e. The molecule has 0 bridgehead atoms. The molecule has 0 spiro atoms. The SMILES string of the molecule is CC(NC(=O)CCCN1CCCC1)C1=CCCCC1. The Morgan fingerprint density at radius 1 is 1.32 bits per heavy atom. The summed E-state index contributed by atoms with van der Waals surface area (Å²) in [6.07, 6.45) is 11.6. The first-order valence-corrected chi connectivity index (χ1v) is 7.96. The van der Waals surface area contributed by atoms with Gasteiger partial charge in [0.15, 0.2) is 0 Å². The molecule has 0 aromatic carbocycles. The lowest BCUT2D eigenvalue weighted by Crippen LogP contribution is -2.34. The Morgan fingerprint density at radius 3 is 2.79 bits per heavy atom. The van der Waals surface area contributed by atoms with Crippen molar-refractivity contribution in [3.8, 4) is 0 Å². The Morgan fingerprint density at radius 2 is 2.11 bits per heavy atom. The monoisotopic (exact) mass is 264 g/mol. The lowest BCUT2D eigenvalue weighted by Gasteiger charge is -2.21. The minimum Gasteiger partial charge on any atom is -0.350 e. The molecular weight excluding hydrogens is 236 g/mol. The number of nitrogens with zero attached hydrogens (tertiary/aromatic N) is 1. The molecule has 3 nitrogen and oxygen atoms in total. The van der Waals surface area contributed by atoms with Crippen molar-refractivity contribution < 1.29 is 4.79 Å². The van der Waals surface area contributed by atoms with E-state index in [1.54, 1.807) is 0 Å². The van der Waals surface area contributed by atoms with E-state index in [2.05, 4.69) is 23.2 Å². The average molecular weight is 264 g/mol. The topological polar surface area (TPSA) is 32.3 Å². The molecule has 1 atom stereocenters. The van der Waals surface area contributed by atoms with E-state index < -0.39 is 0 Å². The van der Waals surface area contributed by atoms with E-state index in [-0.39, 0.29) is 11.9 Å². The Hall–Kier alpha value is -0.830. The molecule has 0 radical (unpaired) electrons. The standard InChI is InChI=1S/C16H28N2O/c1-14(15-8-3-2-4-9-15)17-16(19)10-7-13-18-11-5-6-12-18/h8,14H,2-7,9-13H2,1H3,(H,17,19). The number of likely N-dealkylation sites (tertiary alicyclic amines) is 1. The number of rotatable bonds is 6. The van der Waals surface area contributed by atoms with E-state index in [9.17, 15) is 4.79 Å². The zero-order valence-electron chi connectivity index (χ0n) is 12.3. The molecule has 0 saturated carbocycles. The second-order valence-electron chi connectivity index (χ2n) is 5.97. The number of carbonyl (C=O) groups is 1. The number of carbonyl (C=O) groups excluding carboxylic acids is 1. The summed E-state index contributed by atoms with van der Waals surface area (Å²) in [6.45, 7) is 5.66. The molecule has 0 aromatic heterocycles. The summed E-state index contributed by atoms with van der Waals surface area (Å²) in [4.78, 5) is 14.4. The number of nitrogens with one attached hydrogen (secondary N) is 1. The molecule has 0 aromatic rings. The van der Waals surface area contributed by atoms with Gasteiger partial charge in [-0.2, -0.15) is 0 Å². The second kappa shape index (κ2) is 7.68. The van der Waals surface area contributed by atoms with Crippen LogP contribution in [-0.2, 0) is 4.79 Å². The van der Waals surface area contributed by atoms with Crippen LogP contribution in [0.4, 0.5) is 0 Å². The van der Waals surface area contributed by atoms with Crippen LogP contribution in [0.25, 0.3) is 0 Å². The van der Waals surface area contributed by atoms with Crippen molar-refractivity contribution in [2.45, 2.75) is 64.3 Å². The number of hydrogen-bond donors (Lipinski definition) is 1. The van der Waals surface area contributed by atoms with Crippen LogP contribution >= 0.6 is 0 Å². The minimum atomic E-state index is 0.221. The van der Waals surface area contributed by atoms with E-state index in [0.717, 1.165) is 19.4 Å². The fraction of sp³-hybridized carbons (Fsp3) is 0.812. The van der Waals surface area contributed by atoms with Crippen LogP contribution in [0, 0.1) is 0 Å². The normalized spacial score (nSPS) is 22.1. The van der Waals surface area contributed by atoms with Gasteiger partial charge in [0.2, 0.25) is 5.91 Å². The molecule has 2 rings (SSSR count). The molecule has 19 heavy (non-hydrogen) atoms. The number of allylic oxidation sites excluding steroid dienone is 1. The van der Waals surface area contributed by atoms with Crippen molar-refractivity contribution in [1.29, 1.82) is 0 Å². The summed E-state index contributed by atoms with van der Waals surface area (Å²) in [5.74, 6) is 0.221. The molecule has 1 aliphatic heterocycles. The predicted octanol–water partition coefficient (Wildman–Crippen LogP) is 2.87. The highest BCUT2D eigenvalue weighted by molar-refractivity contribution is 5.76. The molecule has 1 saturated heterocycles. The Bertz CT molecular complexity index is 319. The Balaban J connectivity index is 1.61. The van der Waals surface area contributed by atoms with E-state index in [4.69, 9.17) is 0 Å². The van der Waals surface area contributed by atoms with Gasteiger partial charge in [-0.3, -0.25) is 4.79 Å². The number of hydrogen-bond acceptors (Lipinski definition) is 2. The van der Waals surface area contributed by atoms with E-state index >= 15 is 0 Å². The van der Waals surface area contributed by atoms with Crippen molar-refractivity contribution in [2.24, 2.45) is 0 Å². The fourth-order valence-corrected chi connectivity index (χ4v) is 3.13. The highest BCUT2D eigenvalue weighted by Gasteiger charge is 2.15. The molecule has 1 unspecified atom stereocenters. The van der Waals surface area contributed by atoms with Gasteiger partial charge in [0.05, 0.1) is 0 Å². The molecule has 1 fully saturated rings. The predicted molar refractivity (Wildman–Crippen MR) is 79.1 cm³/mol. The van der Waals surface area contributed by atoms with Gasteiger partial charge in [-0.25, -0.2) is 0 Å². The van der Waals surface area contributed by atoms with Crippen LogP contribution in [0.2, 0.25) is 0 Å². The van der Waals surface area contributed by atoms with Gasteiger partial charge >= 0.3 is 0 Å². The van der Waals surface area contributed by atoms with Gasteiger partial charge in [0.25, 0.3) is 0 Å². The Labute approximate surface area is 117 Å². The molecule has 1 N–H and O–H groups in total. The van der Waals surface area contributed by atoms with Gasteiger partial charge in [-0.15, -0.1) is 0 Å². The maximum absolute atomic E-state index is 11.9. The van der Waals surface area contributed by atoms with Gasteiger partial charge in [0, 0.05) is 12.5 Å². The molecule has 2 aliphatic rings. The van der Waals surface area contributed by atoms with Crippen molar-refractivity contribution in [1.82, 2.24) is 10.2 Å². The second-order valence-corrected chi connectivity index (χ2v) is 5.97. The molecule has 1 amide bonds. The molecule has 3 heteroatoms. The highest BCUT2D eigenvalue weighted by atomic mass is 16.1. The van der Waals surface area contributed by atoms with Crippen molar-refractivity contribution >= 4 is 5.91 Å². The van der Waals surface area contributed by atoms with Crippen LogP contribution in [0.3, 0.4) is 0 Å². The van der Waals surface area contributed by atoms with Gasteiger partial charge in [0.1, 0.15) is 0 Å². The summed E-state index contributed by atoms with van der Waals surface area (Å²) >= 11 is 0. The van der Waals surface area contributed by atoms with E-state index in [1.165, 1.54) is 50.8 Å². The van der Waals surface area contributed by atoms with Gasteiger partial charge < -0.3 is 10.2 Å². The third-order valence-corrected chi connectivity index (χ3v) is 4.34. The van der Waals surface area contributed by atoms with Crippen LogP contribution in [0.1, 0.15) is 58.3 Å². The van der Waals surface area contributed by atoms with Crippen LogP contribution in [0.15, 0.2) is 11.6 Å². The minimum absolute atomic E-state index is 0.221. The fourth-order valence-electron chi connectivity index (χ4n) is 3.13. The first-order valence-electron chi connectivity index (χ1n) is 7.96. The van der Waals surface area contributed by atoms with Gasteiger partial charge in [-0.05, 0) is 71.5 Å². The zero-order chi connectivity index (χ0) is 13.5. The summed E-state index contributed by atoms with van der Waals surface area (Å²) < 4.78 is 0. The molecule has 108 valence electrons. The third kappa shape index (κ3) is 4.98. The zero-order valence-corrected chi connectivity index (χ0v) is 12.3. The lowest BCUT2D eigenvalue weighted by atomic mass is 9.94. The third-order valence-electron chi connectivity index (χ3n) is 4.34. The van der Waals surface area contributed by atoms with Crippen molar-refractivity contribution in [3.63, 3.8) is 0 Å².